The molecular formula is C26H21N3O3S. The second-order valence-corrected chi connectivity index (χ2v) is 8.30. The third-order valence-electron chi connectivity index (χ3n) is 4.84. The third kappa shape index (κ3) is 5.37. The topological polar surface area (TPSA) is 84.2 Å². The first-order valence-electron chi connectivity index (χ1n) is 10.2. The summed E-state index contributed by atoms with van der Waals surface area (Å²) in [5.41, 5.74) is 3.92. The van der Waals surface area contributed by atoms with Gasteiger partial charge in [0.25, 0.3) is 5.91 Å². The standard InChI is InChI=1S/C26H21N3O3S/c1-17-7-10-20(11-8-17)28-25(30)16-32-22-12-9-18(14-23(22)31-2)13-19(15-27)26-29-21-5-3-4-6-24(21)33-26/h3-14H,16H2,1-2H3,(H,28,30)/b19-13+. The Labute approximate surface area is 195 Å². The predicted octanol–water partition coefficient (Wildman–Crippen LogP) is 5.70. The van der Waals surface area contributed by atoms with Gasteiger partial charge in [-0.25, -0.2) is 4.98 Å². The minimum atomic E-state index is -0.271. The van der Waals surface area contributed by atoms with E-state index in [2.05, 4.69) is 16.4 Å². The maximum atomic E-state index is 12.2. The van der Waals surface area contributed by atoms with Gasteiger partial charge in [-0.2, -0.15) is 5.26 Å². The number of nitrogens with zero attached hydrogens (tertiary/aromatic N) is 2. The van der Waals surface area contributed by atoms with Crippen molar-refractivity contribution < 1.29 is 14.3 Å². The zero-order valence-corrected chi connectivity index (χ0v) is 19.0. The van der Waals surface area contributed by atoms with Gasteiger partial charge in [-0.1, -0.05) is 35.9 Å². The second-order valence-electron chi connectivity index (χ2n) is 7.27. The number of thiazole rings is 1. The number of nitrogens with one attached hydrogen (secondary N) is 1. The van der Waals surface area contributed by atoms with Crippen LogP contribution in [0.3, 0.4) is 0 Å². The van der Waals surface area contributed by atoms with Gasteiger partial charge in [-0.3, -0.25) is 4.79 Å². The van der Waals surface area contributed by atoms with Crippen LogP contribution in [0.1, 0.15) is 16.1 Å². The first-order valence-corrected chi connectivity index (χ1v) is 11.0. The number of carbonyl (C=O) groups excluding carboxylic acids is 1. The molecule has 33 heavy (non-hydrogen) atoms. The Morgan fingerprint density at radius 2 is 1.91 bits per heavy atom. The molecule has 1 N–H and O–H groups in total. The van der Waals surface area contributed by atoms with Crippen molar-refractivity contribution in [3.8, 4) is 17.6 Å². The monoisotopic (exact) mass is 455 g/mol. The summed E-state index contributed by atoms with van der Waals surface area (Å²) in [4.78, 5) is 16.8. The Kier molecular flexibility index (Phi) is 6.67. The Hall–Kier alpha value is -4.15. The maximum Gasteiger partial charge on any atom is 0.262 e. The van der Waals surface area contributed by atoms with Crippen LogP contribution in [-0.4, -0.2) is 24.6 Å². The van der Waals surface area contributed by atoms with Crippen molar-refractivity contribution in [2.24, 2.45) is 0 Å². The molecule has 1 aromatic heterocycles. The molecule has 3 aromatic carbocycles. The molecule has 0 spiro atoms. The summed E-state index contributed by atoms with van der Waals surface area (Å²) in [6.07, 6.45) is 1.76. The lowest BCUT2D eigenvalue weighted by Crippen LogP contribution is -2.20. The van der Waals surface area contributed by atoms with E-state index in [1.54, 1.807) is 24.3 Å². The highest BCUT2D eigenvalue weighted by Gasteiger charge is 2.12. The van der Waals surface area contributed by atoms with Gasteiger partial charge in [0.2, 0.25) is 0 Å². The van der Waals surface area contributed by atoms with Gasteiger partial charge in [0, 0.05) is 5.69 Å². The molecule has 0 atom stereocenters. The van der Waals surface area contributed by atoms with E-state index in [0.29, 0.717) is 27.8 Å². The van der Waals surface area contributed by atoms with Crippen LogP contribution in [0, 0.1) is 18.3 Å². The van der Waals surface area contributed by atoms with E-state index in [0.717, 1.165) is 21.3 Å². The smallest absolute Gasteiger partial charge is 0.262 e. The van der Waals surface area contributed by atoms with Gasteiger partial charge < -0.3 is 14.8 Å². The molecule has 0 aliphatic heterocycles. The van der Waals surface area contributed by atoms with Crippen LogP contribution >= 0.6 is 11.3 Å². The lowest BCUT2D eigenvalue weighted by atomic mass is 10.1. The molecule has 4 aromatic rings. The summed E-state index contributed by atoms with van der Waals surface area (Å²) in [6, 6.07) is 22.8. The minimum absolute atomic E-state index is 0.158. The summed E-state index contributed by atoms with van der Waals surface area (Å²) in [5.74, 6) is 0.633. The van der Waals surface area contributed by atoms with Crippen LogP contribution in [0.2, 0.25) is 0 Å². The quantitative estimate of drug-likeness (QED) is 0.362. The summed E-state index contributed by atoms with van der Waals surface area (Å²) < 4.78 is 12.1. The number of nitriles is 1. The molecule has 0 aliphatic carbocycles. The zero-order valence-electron chi connectivity index (χ0n) is 18.2. The average molecular weight is 456 g/mol. The molecule has 1 heterocycles. The highest BCUT2D eigenvalue weighted by molar-refractivity contribution is 7.19. The number of anilines is 1. The Morgan fingerprint density at radius 3 is 2.64 bits per heavy atom. The van der Waals surface area contributed by atoms with Crippen molar-refractivity contribution in [2.75, 3.05) is 19.0 Å². The molecule has 0 saturated carbocycles. The predicted molar refractivity (Wildman–Crippen MR) is 131 cm³/mol. The SMILES string of the molecule is COc1cc(/C=C(\C#N)c2nc3ccccc3s2)ccc1OCC(=O)Nc1ccc(C)cc1. The van der Waals surface area contributed by atoms with Crippen molar-refractivity contribution in [2.45, 2.75) is 6.92 Å². The normalized spacial score (nSPS) is 11.1. The molecule has 7 heteroatoms. The largest absolute Gasteiger partial charge is 0.493 e. The number of allylic oxidation sites excluding steroid dienone is 1. The molecule has 0 saturated heterocycles. The molecular weight excluding hydrogens is 434 g/mol. The first kappa shape index (κ1) is 22.1. The average Bonchev–Trinajstić information content (AvgIpc) is 3.27. The van der Waals surface area contributed by atoms with Gasteiger partial charge in [-0.15, -0.1) is 11.3 Å². The Morgan fingerprint density at radius 1 is 1.12 bits per heavy atom. The molecule has 0 aliphatic rings. The van der Waals surface area contributed by atoms with Crippen LogP contribution < -0.4 is 14.8 Å². The van der Waals surface area contributed by atoms with Crippen molar-refractivity contribution in [3.63, 3.8) is 0 Å². The number of benzene rings is 3. The number of ether oxygens (including phenoxy) is 2. The van der Waals surface area contributed by atoms with E-state index in [1.165, 1.54) is 18.4 Å². The number of rotatable bonds is 7. The van der Waals surface area contributed by atoms with Crippen LogP contribution in [0.25, 0.3) is 21.9 Å². The molecule has 1 amide bonds. The number of carbonyl (C=O) groups is 1. The Bertz CT molecular complexity index is 1330. The van der Waals surface area contributed by atoms with Crippen molar-refractivity contribution in [1.29, 1.82) is 5.26 Å². The number of aryl methyl sites for hydroxylation is 1. The lowest BCUT2D eigenvalue weighted by Gasteiger charge is -2.12. The zero-order chi connectivity index (χ0) is 23.2. The number of hydrogen-bond donors (Lipinski definition) is 1. The fraction of sp³-hybridized carbons (Fsp3) is 0.115. The molecule has 164 valence electrons. The van der Waals surface area contributed by atoms with Crippen LogP contribution in [0.15, 0.2) is 66.7 Å². The van der Waals surface area contributed by atoms with Gasteiger partial charge >= 0.3 is 0 Å². The molecule has 4 rings (SSSR count). The number of para-hydroxylation sites is 1. The Balaban J connectivity index is 1.48. The first-order chi connectivity index (χ1) is 16.1. The minimum Gasteiger partial charge on any atom is -0.493 e. The fourth-order valence-corrected chi connectivity index (χ4v) is 4.10. The van der Waals surface area contributed by atoms with Gasteiger partial charge in [-0.05, 0) is 55.0 Å². The molecule has 0 bridgehead atoms. The van der Waals surface area contributed by atoms with Crippen molar-refractivity contribution in [3.05, 3.63) is 82.9 Å². The maximum absolute atomic E-state index is 12.2. The summed E-state index contributed by atoms with van der Waals surface area (Å²) in [6.45, 7) is 1.83. The molecule has 0 radical (unpaired) electrons. The van der Waals surface area contributed by atoms with Crippen molar-refractivity contribution in [1.82, 2.24) is 4.98 Å². The van der Waals surface area contributed by atoms with E-state index < -0.39 is 0 Å². The number of aromatic nitrogens is 1. The van der Waals surface area contributed by atoms with Gasteiger partial charge in [0.05, 0.1) is 22.9 Å². The van der Waals surface area contributed by atoms with Crippen LogP contribution in [-0.2, 0) is 4.79 Å². The third-order valence-corrected chi connectivity index (χ3v) is 5.91. The lowest BCUT2D eigenvalue weighted by molar-refractivity contribution is -0.118. The molecule has 6 nitrogen and oxygen atoms in total. The number of fused-ring (bicyclic) bond motifs is 1. The van der Waals surface area contributed by atoms with E-state index in [9.17, 15) is 10.1 Å². The van der Waals surface area contributed by atoms with E-state index >= 15 is 0 Å². The van der Waals surface area contributed by atoms with Crippen molar-refractivity contribution >= 4 is 44.8 Å². The van der Waals surface area contributed by atoms with Crippen LogP contribution in [0.5, 0.6) is 11.5 Å². The van der Waals surface area contributed by atoms with Crippen LogP contribution in [0.4, 0.5) is 5.69 Å². The highest BCUT2D eigenvalue weighted by Crippen LogP contribution is 2.31. The molecule has 0 fully saturated rings. The van der Waals surface area contributed by atoms with Gasteiger partial charge in [0.1, 0.15) is 11.1 Å². The van der Waals surface area contributed by atoms with E-state index in [-0.39, 0.29) is 12.5 Å². The summed E-state index contributed by atoms with van der Waals surface area (Å²) in [7, 11) is 1.53. The highest BCUT2D eigenvalue weighted by atomic mass is 32.1. The summed E-state index contributed by atoms with van der Waals surface area (Å²) >= 11 is 1.47. The number of hydrogen-bond acceptors (Lipinski definition) is 6. The van der Waals surface area contributed by atoms with E-state index in [1.807, 2.05) is 55.5 Å². The fourth-order valence-electron chi connectivity index (χ4n) is 3.17. The summed E-state index contributed by atoms with van der Waals surface area (Å²) in [5, 5.41) is 13.1. The number of amides is 1. The van der Waals surface area contributed by atoms with E-state index in [4.69, 9.17) is 9.47 Å². The van der Waals surface area contributed by atoms with Gasteiger partial charge in [0.15, 0.2) is 18.1 Å². The molecule has 0 unspecified atom stereocenters. The second kappa shape index (κ2) is 9.98. The number of methoxy groups -OCH3 is 1.